The molecule has 4 nitrogen and oxygen atoms in total. The molecule has 0 saturated heterocycles. The highest BCUT2D eigenvalue weighted by molar-refractivity contribution is 9.08. The summed E-state index contributed by atoms with van der Waals surface area (Å²) in [5.74, 6) is -0.770. The predicted molar refractivity (Wildman–Crippen MR) is 76.8 cm³/mol. The lowest BCUT2D eigenvalue weighted by molar-refractivity contribution is 0.102. The van der Waals surface area contributed by atoms with Crippen molar-refractivity contribution in [2.24, 2.45) is 0 Å². The summed E-state index contributed by atoms with van der Waals surface area (Å²) < 4.78 is 0. The van der Waals surface area contributed by atoms with Crippen LogP contribution in [0.15, 0.2) is 42.5 Å². The zero-order valence-electron chi connectivity index (χ0n) is 9.93. The molecular formula is C14H12BrNO3. The van der Waals surface area contributed by atoms with E-state index in [0.717, 1.165) is 11.6 Å². The van der Waals surface area contributed by atoms with Crippen LogP contribution >= 0.6 is 15.9 Å². The number of hydrogen-bond acceptors (Lipinski definition) is 3. The lowest BCUT2D eigenvalue weighted by atomic mass is 10.1. The molecule has 1 amide bonds. The van der Waals surface area contributed by atoms with Gasteiger partial charge in [-0.2, -0.15) is 0 Å². The molecule has 2 aromatic carbocycles. The maximum Gasteiger partial charge on any atom is 0.259 e. The first-order valence-electron chi connectivity index (χ1n) is 5.58. The maximum absolute atomic E-state index is 12.0. The van der Waals surface area contributed by atoms with Gasteiger partial charge in [-0.3, -0.25) is 4.79 Å². The van der Waals surface area contributed by atoms with Crippen LogP contribution in [0, 0.1) is 0 Å². The van der Waals surface area contributed by atoms with Gasteiger partial charge in [0.2, 0.25) is 0 Å². The highest BCUT2D eigenvalue weighted by atomic mass is 79.9. The van der Waals surface area contributed by atoms with E-state index in [2.05, 4.69) is 21.2 Å². The number of carbonyl (C=O) groups excluding carboxylic acids is 1. The monoisotopic (exact) mass is 321 g/mol. The van der Waals surface area contributed by atoms with Gasteiger partial charge in [0.15, 0.2) is 0 Å². The van der Waals surface area contributed by atoms with E-state index >= 15 is 0 Å². The maximum atomic E-state index is 12.0. The van der Waals surface area contributed by atoms with Gasteiger partial charge in [0.1, 0.15) is 11.5 Å². The third kappa shape index (κ3) is 3.26. The van der Waals surface area contributed by atoms with E-state index < -0.39 is 5.91 Å². The van der Waals surface area contributed by atoms with Gasteiger partial charge in [-0.25, -0.2) is 0 Å². The van der Waals surface area contributed by atoms with Gasteiger partial charge >= 0.3 is 0 Å². The molecule has 98 valence electrons. The number of nitrogens with one attached hydrogen (secondary N) is 1. The van der Waals surface area contributed by atoms with E-state index in [1.165, 1.54) is 12.1 Å². The van der Waals surface area contributed by atoms with Crippen LogP contribution in [-0.4, -0.2) is 16.1 Å². The molecule has 0 aliphatic carbocycles. The summed E-state index contributed by atoms with van der Waals surface area (Å²) in [7, 11) is 0. The van der Waals surface area contributed by atoms with Crippen molar-refractivity contribution >= 4 is 27.5 Å². The molecule has 0 aliphatic heterocycles. The number of alkyl halides is 1. The summed E-state index contributed by atoms with van der Waals surface area (Å²) >= 11 is 3.34. The molecule has 0 aliphatic rings. The third-order valence-electron chi connectivity index (χ3n) is 2.57. The normalized spacial score (nSPS) is 10.2. The Balaban J connectivity index is 2.20. The number of anilines is 1. The molecule has 0 fully saturated rings. The molecule has 3 N–H and O–H groups in total. The molecule has 19 heavy (non-hydrogen) atoms. The number of benzene rings is 2. The summed E-state index contributed by atoms with van der Waals surface area (Å²) in [6, 6.07) is 11.2. The Hall–Kier alpha value is -2.01. The second kappa shape index (κ2) is 5.75. The first-order valence-corrected chi connectivity index (χ1v) is 6.70. The van der Waals surface area contributed by atoms with Crippen molar-refractivity contribution < 1.29 is 15.0 Å². The van der Waals surface area contributed by atoms with Crippen molar-refractivity contribution in [3.63, 3.8) is 0 Å². The van der Waals surface area contributed by atoms with E-state index in [1.54, 1.807) is 6.07 Å². The number of amides is 1. The summed E-state index contributed by atoms with van der Waals surface area (Å²) in [6.07, 6.45) is 0. The van der Waals surface area contributed by atoms with Crippen LogP contribution < -0.4 is 5.32 Å². The van der Waals surface area contributed by atoms with Crippen molar-refractivity contribution in [3.8, 4) is 11.5 Å². The molecule has 0 saturated carbocycles. The first kappa shape index (κ1) is 13.4. The zero-order valence-corrected chi connectivity index (χ0v) is 11.5. The van der Waals surface area contributed by atoms with Crippen molar-refractivity contribution in [1.29, 1.82) is 0 Å². The smallest absolute Gasteiger partial charge is 0.259 e. The lowest BCUT2D eigenvalue weighted by Crippen LogP contribution is -2.12. The summed E-state index contributed by atoms with van der Waals surface area (Å²) in [6.45, 7) is 0. The minimum atomic E-state index is -0.427. The third-order valence-corrected chi connectivity index (χ3v) is 3.21. The molecule has 0 spiro atoms. The second-order valence-corrected chi connectivity index (χ2v) is 4.55. The fourth-order valence-electron chi connectivity index (χ4n) is 1.64. The van der Waals surface area contributed by atoms with E-state index in [1.807, 2.05) is 18.2 Å². The minimum Gasteiger partial charge on any atom is -0.508 e. The molecule has 0 atom stereocenters. The van der Waals surface area contributed by atoms with Gasteiger partial charge < -0.3 is 15.5 Å². The minimum absolute atomic E-state index is 0.0877. The van der Waals surface area contributed by atoms with Crippen molar-refractivity contribution in [2.45, 2.75) is 5.33 Å². The average Bonchev–Trinajstić information content (AvgIpc) is 2.38. The van der Waals surface area contributed by atoms with Gasteiger partial charge in [0, 0.05) is 17.1 Å². The van der Waals surface area contributed by atoms with Crippen molar-refractivity contribution in [2.75, 3.05) is 5.32 Å². The highest BCUT2D eigenvalue weighted by Crippen LogP contribution is 2.23. The van der Waals surface area contributed by atoms with Crippen molar-refractivity contribution in [3.05, 3.63) is 53.6 Å². The quantitative estimate of drug-likeness (QED) is 0.760. The number of rotatable bonds is 3. The van der Waals surface area contributed by atoms with E-state index in [-0.39, 0.29) is 17.1 Å². The Bertz CT molecular complexity index is 613. The predicted octanol–water partition coefficient (Wildman–Crippen LogP) is 3.25. The van der Waals surface area contributed by atoms with E-state index in [9.17, 15) is 15.0 Å². The average molecular weight is 322 g/mol. The van der Waals surface area contributed by atoms with Gasteiger partial charge in [-0.05, 0) is 29.8 Å². The SMILES string of the molecule is O=C(Nc1cccc(CBr)c1)c1ccc(O)cc1O. The van der Waals surface area contributed by atoms with Crippen LogP contribution in [0.3, 0.4) is 0 Å². The molecule has 5 heteroatoms. The molecule has 0 radical (unpaired) electrons. The lowest BCUT2D eigenvalue weighted by Gasteiger charge is -2.08. The molecule has 2 aromatic rings. The van der Waals surface area contributed by atoms with E-state index in [0.29, 0.717) is 11.0 Å². The number of carbonyl (C=O) groups is 1. The number of halogens is 1. The fraction of sp³-hybridized carbons (Fsp3) is 0.0714. The Morgan fingerprint density at radius 3 is 2.63 bits per heavy atom. The van der Waals surface area contributed by atoms with E-state index in [4.69, 9.17) is 0 Å². The van der Waals surface area contributed by atoms with Gasteiger partial charge in [0.25, 0.3) is 5.91 Å². The second-order valence-electron chi connectivity index (χ2n) is 3.99. The van der Waals surface area contributed by atoms with Crippen LogP contribution in [0.5, 0.6) is 11.5 Å². The zero-order chi connectivity index (χ0) is 13.8. The Morgan fingerprint density at radius 1 is 1.16 bits per heavy atom. The Kier molecular flexibility index (Phi) is 4.06. The largest absolute Gasteiger partial charge is 0.508 e. The molecule has 2 rings (SSSR count). The number of phenols is 2. The topological polar surface area (TPSA) is 69.6 Å². The fourth-order valence-corrected chi connectivity index (χ4v) is 1.99. The number of hydrogen-bond donors (Lipinski definition) is 3. The van der Waals surface area contributed by atoms with Crippen LogP contribution in [0.25, 0.3) is 0 Å². The van der Waals surface area contributed by atoms with Gasteiger partial charge in [-0.1, -0.05) is 28.1 Å². The summed E-state index contributed by atoms with van der Waals surface area (Å²) in [5, 5.41) is 22.2. The summed E-state index contributed by atoms with van der Waals surface area (Å²) in [5.41, 5.74) is 1.80. The molecular weight excluding hydrogens is 310 g/mol. The summed E-state index contributed by atoms with van der Waals surface area (Å²) in [4.78, 5) is 12.0. The first-order chi connectivity index (χ1) is 9.10. The van der Waals surface area contributed by atoms with Crippen LogP contribution in [0.4, 0.5) is 5.69 Å². The molecule has 0 heterocycles. The molecule has 0 unspecified atom stereocenters. The van der Waals surface area contributed by atoms with Gasteiger partial charge in [0.05, 0.1) is 5.56 Å². The van der Waals surface area contributed by atoms with Crippen LogP contribution in [0.2, 0.25) is 0 Å². The standard InChI is InChI=1S/C14H12BrNO3/c15-8-9-2-1-3-10(6-9)16-14(19)12-5-4-11(17)7-13(12)18/h1-7,17-18H,8H2,(H,16,19). The van der Waals surface area contributed by atoms with Crippen LogP contribution in [0.1, 0.15) is 15.9 Å². The number of phenolic OH excluding ortho intramolecular Hbond substituents is 2. The Labute approximate surface area is 118 Å². The molecule has 0 bridgehead atoms. The Morgan fingerprint density at radius 2 is 1.95 bits per heavy atom. The highest BCUT2D eigenvalue weighted by Gasteiger charge is 2.11. The van der Waals surface area contributed by atoms with Crippen LogP contribution in [-0.2, 0) is 5.33 Å². The van der Waals surface area contributed by atoms with Crippen molar-refractivity contribution in [1.82, 2.24) is 0 Å². The van der Waals surface area contributed by atoms with Gasteiger partial charge in [-0.15, -0.1) is 0 Å². The molecule has 0 aromatic heterocycles. The number of aromatic hydroxyl groups is 2.